The highest BCUT2D eigenvalue weighted by Crippen LogP contribution is 2.23. The maximum absolute atomic E-state index is 11.1. The zero-order chi connectivity index (χ0) is 24.8. The third-order valence-corrected chi connectivity index (χ3v) is 3.99. The maximum Gasteiger partial charge on any atom is 0.549 e. The molecule has 0 radical (unpaired) electrons. The second-order valence-corrected chi connectivity index (χ2v) is 6.42. The van der Waals surface area contributed by atoms with E-state index in [1.807, 2.05) is 6.92 Å². The van der Waals surface area contributed by atoms with Crippen molar-refractivity contribution < 1.29 is 52.2 Å². The van der Waals surface area contributed by atoms with Crippen molar-refractivity contribution in [2.24, 2.45) is 17.7 Å². The summed E-state index contributed by atoms with van der Waals surface area (Å²) in [5.74, 6) is 1.47. The van der Waals surface area contributed by atoms with E-state index in [4.69, 9.17) is 28.3 Å². The molecule has 0 bridgehead atoms. The predicted octanol–water partition coefficient (Wildman–Crippen LogP) is 0.727. The van der Waals surface area contributed by atoms with Crippen molar-refractivity contribution in [3.63, 3.8) is 0 Å². The highest BCUT2D eigenvalue weighted by molar-refractivity contribution is 6.02. The van der Waals surface area contributed by atoms with Crippen LogP contribution < -0.4 is 5.90 Å². The molecule has 184 valence electrons. The lowest BCUT2D eigenvalue weighted by atomic mass is 10.0. The molecule has 0 aliphatic carbocycles. The summed E-state index contributed by atoms with van der Waals surface area (Å²) in [4.78, 5) is 43.3. The second kappa shape index (κ2) is 25.3. The van der Waals surface area contributed by atoms with Crippen molar-refractivity contribution in [2.75, 3.05) is 0 Å². The Morgan fingerprint density at radius 2 is 1.31 bits per heavy atom. The normalized spacial score (nSPS) is 17.8. The molecule has 2 aliphatic rings. The molecule has 2 rings (SSSR count). The van der Waals surface area contributed by atoms with Gasteiger partial charge in [0.2, 0.25) is 0 Å². The molecule has 4 N–H and O–H groups in total. The average molecular weight is 517 g/mol. The van der Waals surface area contributed by atoms with Crippen LogP contribution in [-0.2, 0) is 41.8 Å². The van der Waals surface area contributed by atoms with Crippen LogP contribution in [0.15, 0.2) is 0 Å². The first-order chi connectivity index (χ1) is 14.7. The topological polar surface area (TPSA) is 216 Å². The molecule has 2 saturated heterocycles. The number of nitrogens with zero attached hydrogens (tertiary/aromatic N) is 1. The molecule has 2 fully saturated rings. The van der Waals surface area contributed by atoms with Crippen molar-refractivity contribution in [3.8, 4) is 0 Å². The van der Waals surface area contributed by atoms with Crippen LogP contribution in [0.2, 0.25) is 0 Å². The van der Waals surface area contributed by atoms with Crippen LogP contribution in [0.4, 0.5) is 0 Å². The third kappa shape index (κ3) is 17.7. The fourth-order valence-electron chi connectivity index (χ4n) is 2.55. The van der Waals surface area contributed by atoms with Crippen LogP contribution in [0.5, 0.6) is 0 Å². The second-order valence-electron chi connectivity index (χ2n) is 6.09. The van der Waals surface area contributed by atoms with Gasteiger partial charge >= 0.3 is 30.5 Å². The molecule has 0 aromatic heterocycles. The van der Waals surface area contributed by atoms with E-state index in [1.165, 1.54) is 0 Å². The highest BCUT2D eigenvalue weighted by Gasteiger charge is 2.37. The lowest BCUT2D eigenvalue weighted by Crippen LogP contribution is -2.26. The highest BCUT2D eigenvalue weighted by atomic mass is 35.5. The fraction of sp³-hybridized carbons (Fsp3) is 0.750. The Morgan fingerprint density at radius 1 is 0.906 bits per heavy atom. The smallest absolute Gasteiger partial charge is 0.393 e. The van der Waals surface area contributed by atoms with Crippen LogP contribution in [0.25, 0.3) is 0 Å². The summed E-state index contributed by atoms with van der Waals surface area (Å²) in [5, 5.41) is 15.6. The molecule has 2 atom stereocenters. The summed E-state index contributed by atoms with van der Waals surface area (Å²) in [6.45, 7) is 4.08. The largest absolute Gasteiger partial charge is 0.549 e. The maximum atomic E-state index is 11.1. The number of rotatable bonds is 6. The van der Waals surface area contributed by atoms with E-state index in [2.05, 4.69) is 17.6 Å². The molecule has 2 aliphatic heterocycles. The lowest BCUT2D eigenvalue weighted by Gasteiger charge is -2.05. The van der Waals surface area contributed by atoms with Crippen molar-refractivity contribution in [1.82, 2.24) is 5.06 Å². The zero-order valence-corrected chi connectivity index (χ0v) is 20.6. The number of hydrogen-bond donors (Lipinski definition) is 3. The first-order valence-electron chi connectivity index (χ1n) is 9.28. The number of unbranched alkanes of at least 4 members (excludes halogenated alkanes) is 2. The number of hydrogen-bond acceptors (Lipinski definition) is 12. The van der Waals surface area contributed by atoms with Gasteiger partial charge in [-0.25, -0.2) is 5.90 Å². The Balaban J connectivity index is -0.000000181. The van der Waals surface area contributed by atoms with Gasteiger partial charge in [0, 0.05) is 12.3 Å². The number of ether oxygens (including phenoxy) is 1. The summed E-state index contributed by atoms with van der Waals surface area (Å²) < 4.78 is 38.0. The van der Waals surface area contributed by atoms with E-state index in [-0.39, 0.29) is 47.7 Å². The molecular formula is C16H29ClN2O11Si2. The van der Waals surface area contributed by atoms with Crippen LogP contribution in [0, 0.1) is 11.8 Å². The first-order valence-corrected chi connectivity index (χ1v) is 10.9. The number of halogens is 1. The van der Waals surface area contributed by atoms with Gasteiger partial charge in [0.25, 0.3) is 11.8 Å². The minimum Gasteiger partial charge on any atom is -0.393 e. The van der Waals surface area contributed by atoms with Crippen molar-refractivity contribution >= 4 is 54.7 Å². The van der Waals surface area contributed by atoms with Gasteiger partial charge in [0.05, 0.1) is 12.3 Å². The molecule has 2 unspecified atom stereocenters. The summed E-state index contributed by atoms with van der Waals surface area (Å²) in [6.07, 6.45) is 5.94. The van der Waals surface area contributed by atoms with Crippen LogP contribution in [0.1, 0.15) is 65.2 Å². The van der Waals surface area contributed by atoms with Gasteiger partial charge in [-0.2, -0.15) is 5.06 Å². The number of nitrogens with two attached hydrogens (primary N) is 1. The quantitative estimate of drug-likeness (QED) is 0.111. The standard InChI is InChI=1S/C8H13NO3.C8H12O3.ClH.H3NO.2O2Si/c1-2-3-4-6-5-7(10)9(12)8(6)11;1-2-3-4-6-5-7(9)11-8(6)10;;1-2;2*1-3-2/h6,12H,2-5H2,1H3;6H,2-5H2,1H3;1H;2H,1H2;;. The summed E-state index contributed by atoms with van der Waals surface area (Å²) in [7, 11) is -2.83. The molecular weight excluding hydrogens is 488 g/mol. The van der Waals surface area contributed by atoms with E-state index in [0.29, 0.717) is 12.8 Å². The van der Waals surface area contributed by atoms with E-state index in [0.717, 1.165) is 32.1 Å². The van der Waals surface area contributed by atoms with Crippen molar-refractivity contribution in [3.05, 3.63) is 0 Å². The van der Waals surface area contributed by atoms with Crippen LogP contribution >= 0.6 is 12.4 Å². The van der Waals surface area contributed by atoms with Gasteiger partial charge in [-0.3, -0.25) is 42.2 Å². The number of amides is 2. The van der Waals surface area contributed by atoms with Crippen molar-refractivity contribution in [2.45, 2.75) is 65.2 Å². The Kier molecular flexibility index (Phi) is 29.6. The SMILES string of the molecule is CCCCC1CC(=O)N(O)C1=O.CCCCC1CC(=O)OC1=O.Cl.NO.O=[Si]=O.O=[Si]=O. The van der Waals surface area contributed by atoms with Crippen molar-refractivity contribution in [1.29, 1.82) is 0 Å². The number of esters is 2. The summed E-state index contributed by atoms with van der Waals surface area (Å²) in [6, 6.07) is 0. The number of imide groups is 1. The average Bonchev–Trinajstić information content (AvgIpc) is 3.19. The third-order valence-electron chi connectivity index (χ3n) is 3.99. The van der Waals surface area contributed by atoms with E-state index < -0.39 is 30.4 Å². The molecule has 0 aromatic rings. The fourth-order valence-corrected chi connectivity index (χ4v) is 2.55. The zero-order valence-electron chi connectivity index (χ0n) is 17.8. The Labute approximate surface area is 195 Å². The molecule has 0 spiro atoms. The van der Waals surface area contributed by atoms with E-state index in [1.54, 1.807) is 0 Å². The van der Waals surface area contributed by atoms with E-state index in [9.17, 15) is 19.2 Å². The molecule has 0 saturated carbocycles. The Morgan fingerprint density at radius 3 is 1.59 bits per heavy atom. The summed E-state index contributed by atoms with van der Waals surface area (Å²) in [5.41, 5.74) is 0. The Bertz CT molecular complexity index is 627. The molecule has 2 amide bonds. The summed E-state index contributed by atoms with van der Waals surface area (Å²) >= 11 is 0. The Hall–Kier alpha value is -1.92. The van der Waals surface area contributed by atoms with Gasteiger partial charge in [0.15, 0.2) is 0 Å². The monoisotopic (exact) mass is 516 g/mol. The van der Waals surface area contributed by atoms with E-state index >= 15 is 0 Å². The minimum absolute atomic E-state index is 0. The predicted molar refractivity (Wildman–Crippen MR) is 107 cm³/mol. The lowest BCUT2D eigenvalue weighted by molar-refractivity contribution is -0.172. The molecule has 2 heterocycles. The number of hydroxylamine groups is 2. The first kappa shape index (κ1) is 37.4. The van der Waals surface area contributed by atoms with Gasteiger partial charge < -0.3 is 9.94 Å². The van der Waals surface area contributed by atoms with Crippen LogP contribution in [0.3, 0.4) is 0 Å². The molecule has 16 heteroatoms. The minimum atomic E-state index is -1.42. The number of carbonyl (C=O) groups is 4. The van der Waals surface area contributed by atoms with Gasteiger partial charge in [0.1, 0.15) is 0 Å². The number of carbonyl (C=O) groups excluding carboxylic acids is 4. The number of cyclic esters (lactones) is 2. The molecule has 13 nitrogen and oxygen atoms in total. The molecule has 32 heavy (non-hydrogen) atoms. The molecule has 0 aromatic carbocycles. The van der Waals surface area contributed by atoms with Gasteiger partial charge in [-0.15, -0.1) is 12.4 Å². The van der Waals surface area contributed by atoms with Gasteiger partial charge in [-0.1, -0.05) is 39.5 Å². The van der Waals surface area contributed by atoms with Gasteiger partial charge in [-0.05, 0) is 12.8 Å². The van der Waals surface area contributed by atoms with Crippen LogP contribution in [-0.4, -0.2) is 57.8 Å².